The fourth-order valence-corrected chi connectivity index (χ4v) is 3.08. The van der Waals surface area contributed by atoms with Gasteiger partial charge in [0.15, 0.2) is 0 Å². The van der Waals surface area contributed by atoms with Gasteiger partial charge in [0.1, 0.15) is 17.3 Å². The second-order valence-corrected chi connectivity index (χ2v) is 5.85. The Balaban J connectivity index is 2.07. The lowest BCUT2D eigenvalue weighted by molar-refractivity contribution is 0.402. The van der Waals surface area contributed by atoms with Gasteiger partial charge in [0.25, 0.3) is 0 Å². The number of anilines is 2. The number of benzene rings is 1. The smallest absolute Gasteiger partial charge is 0.143 e. The maximum Gasteiger partial charge on any atom is 0.143 e. The predicted octanol–water partition coefficient (Wildman–Crippen LogP) is 2.68. The number of piperidine rings is 1. The van der Waals surface area contributed by atoms with E-state index >= 15 is 0 Å². The van der Waals surface area contributed by atoms with Crippen molar-refractivity contribution in [2.75, 3.05) is 37.9 Å². The number of ether oxygens (including phenoxy) is 2. The van der Waals surface area contributed by atoms with E-state index in [9.17, 15) is 0 Å². The molecule has 3 rings (SSSR count). The minimum Gasteiger partial charge on any atom is -0.496 e. The van der Waals surface area contributed by atoms with E-state index < -0.39 is 0 Å². The van der Waals surface area contributed by atoms with E-state index in [4.69, 9.17) is 15.2 Å². The second kappa shape index (κ2) is 6.40. The van der Waals surface area contributed by atoms with Crippen molar-refractivity contribution >= 4 is 11.5 Å². The van der Waals surface area contributed by atoms with Crippen molar-refractivity contribution < 1.29 is 9.47 Å². The second-order valence-electron chi connectivity index (χ2n) is 5.85. The third-order valence-corrected chi connectivity index (χ3v) is 4.39. The van der Waals surface area contributed by atoms with Crippen LogP contribution in [0.5, 0.6) is 11.5 Å². The van der Waals surface area contributed by atoms with E-state index in [-0.39, 0.29) is 0 Å². The van der Waals surface area contributed by atoms with Gasteiger partial charge in [0.2, 0.25) is 0 Å². The molecular formula is C17H24N4O2. The number of hydrogen-bond acceptors (Lipinski definition) is 5. The minimum atomic E-state index is 0.612. The molecule has 1 aromatic carbocycles. The van der Waals surface area contributed by atoms with Crippen molar-refractivity contribution in [3.05, 3.63) is 18.2 Å². The molecule has 23 heavy (non-hydrogen) atoms. The van der Waals surface area contributed by atoms with Crippen molar-refractivity contribution in [2.24, 2.45) is 7.05 Å². The van der Waals surface area contributed by atoms with Crippen LogP contribution in [-0.4, -0.2) is 37.1 Å². The van der Waals surface area contributed by atoms with Crippen LogP contribution in [0.25, 0.3) is 11.3 Å². The van der Waals surface area contributed by atoms with Crippen molar-refractivity contribution in [1.82, 2.24) is 9.78 Å². The van der Waals surface area contributed by atoms with Crippen LogP contribution in [0.2, 0.25) is 0 Å². The first-order chi connectivity index (χ1) is 11.1. The third-order valence-electron chi connectivity index (χ3n) is 4.39. The van der Waals surface area contributed by atoms with Crippen LogP contribution < -0.4 is 20.1 Å². The van der Waals surface area contributed by atoms with Crippen LogP contribution in [0.15, 0.2) is 18.2 Å². The average Bonchev–Trinajstić information content (AvgIpc) is 2.93. The number of rotatable bonds is 4. The molecule has 1 saturated heterocycles. The van der Waals surface area contributed by atoms with E-state index in [1.807, 2.05) is 25.2 Å². The summed E-state index contributed by atoms with van der Waals surface area (Å²) >= 11 is 0. The monoisotopic (exact) mass is 316 g/mol. The van der Waals surface area contributed by atoms with E-state index in [1.165, 1.54) is 19.3 Å². The lowest BCUT2D eigenvalue weighted by Gasteiger charge is -2.30. The van der Waals surface area contributed by atoms with Gasteiger partial charge in [-0.2, -0.15) is 5.10 Å². The van der Waals surface area contributed by atoms with Gasteiger partial charge in [0.05, 0.1) is 25.6 Å². The summed E-state index contributed by atoms with van der Waals surface area (Å²) in [5.41, 5.74) is 8.66. The summed E-state index contributed by atoms with van der Waals surface area (Å²) in [5.74, 6) is 2.23. The van der Waals surface area contributed by atoms with Crippen molar-refractivity contribution in [2.45, 2.75) is 19.3 Å². The standard InChI is InChI=1S/C17H24N4O2/c1-20-17(18)10-13(19-20)12-9-16(23-3)14(11-15(12)22-2)21-7-5-4-6-8-21/h9-11H,4-8,18H2,1-3H3. The van der Waals surface area contributed by atoms with Gasteiger partial charge in [0, 0.05) is 37.8 Å². The Hall–Kier alpha value is -2.37. The molecule has 6 heteroatoms. The minimum absolute atomic E-state index is 0.612. The fourth-order valence-electron chi connectivity index (χ4n) is 3.08. The SMILES string of the molecule is COc1cc(N2CCCCC2)c(OC)cc1-c1cc(N)n(C)n1. The molecule has 1 aromatic heterocycles. The molecule has 0 amide bonds. The van der Waals surface area contributed by atoms with Crippen LogP contribution in [0, 0.1) is 0 Å². The Morgan fingerprint density at radius 2 is 1.70 bits per heavy atom. The van der Waals surface area contributed by atoms with Crippen LogP contribution in [0.4, 0.5) is 11.5 Å². The van der Waals surface area contributed by atoms with Crippen molar-refractivity contribution in [1.29, 1.82) is 0 Å². The molecule has 2 N–H and O–H groups in total. The number of aryl methyl sites for hydroxylation is 1. The summed E-state index contributed by atoms with van der Waals surface area (Å²) in [7, 11) is 5.20. The Kier molecular flexibility index (Phi) is 4.32. The fraction of sp³-hybridized carbons (Fsp3) is 0.471. The van der Waals surface area contributed by atoms with Gasteiger partial charge < -0.3 is 20.1 Å². The normalized spacial score (nSPS) is 14.8. The van der Waals surface area contributed by atoms with Gasteiger partial charge >= 0.3 is 0 Å². The molecule has 1 aliphatic rings. The Morgan fingerprint density at radius 3 is 2.26 bits per heavy atom. The topological polar surface area (TPSA) is 65.5 Å². The highest BCUT2D eigenvalue weighted by Gasteiger charge is 2.20. The number of aromatic nitrogens is 2. The Labute approximate surface area is 136 Å². The van der Waals surface area contributed by atoms with Crippen molar-refractivity contribution in [3.8, 4) is 22.8 Å². The molecule has 1 fully saturated rings. The first kappa shape index (κ1) is 15.5. The summed E-state index contributed by atoms with van der Waals surface area (Å²) in [6.07, 6.45) is 3.72. The first-order valence-corrected chi connectivity index (χ1v) is 7.95. The van der Waals surface area contributed by atoms with Crippen LogP contribution in [0.3, 0.4) is 0 Å². The molecule has 2 aromatic rings. The molecule has 6 nitrogen and oxygen atoms in total. The summed E-state index contributed by atoms with van der Waals surface area (Å²) in [5, 5.41) is 4.45. The Bertz CT molecular complexity index is 671. The van der Waals surface area contributed by atoms with Gasteiger partial charge in [-0.05, 0) is 25.3 Å². The molecule has 124 valence electrons. The number of nitrogens with zero attached hydrogens (tertiary/aromatic N) is 3. The summed E-state index contributed by atoms with van der Waals surface area (Å²) in [6.45, 7) is 2.10. The Morgan fingerprint density at radius 1 is 1.00 bits per heavy atom. The molecule has 0 unspecified atom stereocenters. The lowest BCUT2D eigenvalue weighted by atomic mass is 10.1. The number of nitrogen functional groups attached to an aromatic ring is 1. The van der Waals surface area contributed by atoms with E-state index in [0.29, 0.717) is 5.82 Å². The summed E-state index contributed by atoms with van der Waals surface area (Å²) in [4.78, 5) is 2.36. The molecule has 0 spiro atoms. The van der Waals surface area contributed by atoms with Gasteiger partial charge in [-0.25, -0.2) is 0 Å². The maximum atomic E-state index is 5.91. The maximum absolute atomic E-state index is 5.91. The highest BCUT2D eigenvalue weighted by molar-refractivity contribution is 5.77. The van der Waals surface area contributed by atoms with Gasteiger partial charge in [-0.3, -0.25) is 4.68 Å². The molecule has 0 atom stereocenters. The van der Waals surface area contributed by atoms with E-state index in [1.54, 1.807) is 18.9 Å². The third kappa shape index (κ3) is 2.93. The molecular weight excluding hydrogens is 292 g/mol. The summed E-state index contributed by atoms with van der Waals surface area (Å²) in [6, 6.07) is 5.88. The van der Waals surface area contributed by atoms with E-state index in [0.717, 1.165) is 41.5 Å². The summed E-state index contributed by atoms with van der Waals surface area (Å²) < 4.78 is 12.9. The quantitative estimate of drug-likeness (QED) is 0.939. The zero-order valence-corrected chi connectivity index (χ0v) is 14.0. The molecule has 0 bridgehead atoms. The number of hydrogen-bond donors (Lipinski definition) is 1. The first-order valence-electron chi connectivity index (χ1n) is 7.95. The van der Waals surface area contributed by atoms with Crippen molar-refractivity contribution in [3.63, 3.8) is 0 Å². The van der Waals surface area contributed by atoms with Crippen LogP contribution >= 0.6 is 0 Å². The molecule has 0 aliphatic carbocycles. The largest absolute Gasteiger partial charge is 0.496 e. The van der Waals surface area contributed by atoms with E-state index in [2.05, 4.69) is 10.00 Å². The highest BCUT2D eigenvalue weighted by Crippen LogP contribution is 2.41. The molecule has 2 heterocycles. The lowest BCUT2D eigenvalue weighted by Crippen LogP contribution is -2.29. The molecule has 1 aliphatic heterocycles. The van der Waals surface area contributed by atoms with Crippen LogP contribution in [0.1, 0.15) is 19.3 Å². The average molecular weight is 316 g/mol. The number of nitrogens with two attached hydrogens (primary N) is 1. The van der Waals surface area contributed by atoms with Crippen LogP contribution in [-0.2, 0) is 7.05 Å². The highest BCUT2D eigenvalue weighted by atomic mass is 16.5. The zero-order valence-electron chi connectivity index (χ0n) is 14.0. The zero-order chi connectivity index (χ0) is 16.4. The predicted molar refractivity (Wildman–Crippen MR) is 92.2 cm³/mol. The molecule has 0 saturated carbocycles. The van der Waals surface area contributed by atoms with Gasteiger partial charge in [-0.1, -0.05) is 0 Å². The molecule has 0 radical (unpaired) electrons. The number of methoxy groups -OCH3 is 2. The van der Waals surface area contributed by atoms with Gasteiger partial charge in [-0.15, -0.1) is 0 Å².